The van der Waals surface area contributed by atoms with Gasteiger partial charge in [0.25, 0.3) is 11.8 Å². The van der Waals surface area contributed by atoms with Gasteiger partial charge in [0.1, 0.15) is 11.4 Å². The maximum atomic E-state index is 5.79. The quantitative estimate of drug-likeness (QED) is 0.723. The van der Waals surface area contributed by atoms with Crippen molar-refractivity contribution >= 4 is 5.69 Å². The molecule has 0 aliphatic heterocycles. The lowest BCUT2D eigenvalue weighted by molar-refractivity contribution is 0.573. The van der Waals surface area contributed by atoms with Crippen molar-refractivity contribution in [3.8, 4) is 23.2 Å². The van der Waals surface area contributed by atoms with Gasteiger partial charge in [0.2, 0.25) is 0 Å². The Kier molecular flexibility index (Phi) is 2.30. The van der Waals surface area contributed by atoms with E-state index in [4.69, 9.17) is 10.2 Å². The molecule has 0 radical (unpaired) electrons. The van der Waals surface area contributed by atoms with E-state index in [1.54, 1.807) is 30.2 Å². The number of nitrogens with two attached hydrogens (primary N) is 1. The summed E-state index contributed by atoms with van der Waals surface area (Å²) in [6, 6.07) is 5.47. The Morgan fingerprint density at radius 1 is 1.22 bits per heavy atom. The van der Waals surface area contributed by atoms with Gasteiger partial charge in [0.05, 0.1) is 11.9 Å². The average Bonchev–Trinajstić information content (AvgIpc) is 2.98. The van der Waals surface area contributed by atoms with Gasteiger partial charge in [0, 0.05) is 13.2 Å². The Morgan fingerprint density at radius 3 is 2.72 bits per heavy atom. The van der Waals surface area contributed by atoms with Gasteiger partial charge >= 0.3 is 0 Å². The Labute approximate surface area is 102 Å². The van der Waals surface area contributed by atoms with Crippen LogP contribution >= 0.6 is 0 Å². The lowest BCUT2D eigenvalue weighted by Gasteiger charge is -1.96. The molecule has 0 fully saturated rings. The van der Waals surface area contributed by atoms with Gasteiger partial charge in [0.15, 0.2) is 0 Å². The highest BCUT2D eigenvalue weighted by Crippen LogP contribution is 2.26. The third kappa shape index (κ3) is 1.61. The molecule has 0 atom stereocenters. The molecule has 3 rings (SSSR count). The van der Waals surface area contributed by atoms with Crippen LogP contribution in [0.15, 0.2) is 35.0 Å². The molecule has 7 heteroatoms. The first-order chi connectivity index (χ1) is 8.75. The maximum absolute atomic E-state index is 5.79. The SMILES string of the molecule is Cn1ncc(N)c1-c1nnc(-c2ccccn2)o1. The van der Waals surface area contributed by atoms with Crippen LogP contribution < -0.4 is 5.73 Å². The lowest BCUT2D eigenvalue weighted by atomic mass is 10.3. The van der Waals surface area contributed by atoms with Gasteiger partial charge in [-0.2, -0.15) is 5.10 Å². The van der Waals surface area contributed by atoms with E-state index < -0.39 is 0 Å². The molecule has 18 heavy (non-hydrogen) atoms. The molecule has 3 heterocycles. The molecule has 90 valence electrons. The molecule has 7 nitrogen and oxygen atoms in total. The number of anilines is 1. The predicted octanol–water partition coefficient (Wildman–Crippen LogP) is 1.11. The predicted molar refractivity (Wildman–Crippen MR) is 64.1 cm³/mol. The fourth-order valence-corrected chi connectivity index (χ4v) is 1.63. The average molecular weight is 242 g/mol. The largest absolute Gasteiger partial charge is 0.413 e. The molecule has 0 spiro atoms. The van der Waals surface area contributed by atoms with Crippen LogP contribution in [0.3, 0.4) is 0 Å². The summed E-state index contributed by atoms with van der Waals surface area (Å²) in [4.78, 5) is 4.14. The molecule has 2 N–H and O–H groups in total. The van der Waals surface area contributed by atoms with Gasteiger partial charge in [-0.1, -0.05) is 6.07 Å². The molecule has 0 aliphatic rings. The number of hydrogen-bond donors (Lipinski definition) is 1. The molecule has 3 aromatic heterocycles. The number of nitrogen functional groups attached to an aromatic ring is 1. The van der Waals surface area contributed by atoms with E-state index in [0.717, 1.165) is 0 Å². The Hall–Kier alpha value is -2.70. The van der Waals surface area contributed by atoms with E-state index in [2.05, 4.69) is 20.3 Å². The second kappa shape index (κ2) is 3.95. The van der Waals surface area contributed by atoms with Crippen molar-refractivity contribution in [2.24, 2.45) is 7.05 Å². The first-order valence-electron chi connectivity index (χ1n) is 5.28. The van der Waals surface area contributed by atoms with Crippen LogP contribution in [0.25, 0.3) is 23.2 Å². The minimum absolute atomic E-state index is 0.327. The second-order valence-electron chi connectivity index (χ2n) is 3.70. The Bertz CT molecular complexity index is 652. The monoisotopic (exact) mass is 242 g/mol. The molecule has 0 unspecified atom stereocenters. The summed E-state index contributed by atoms with van der Waals surface area (Å²) >= 11 is 0. The van der Waals surface area contributed by atoms with Gasteiger partial charge in [-0.05, 0) is 12.1 Å². The van der Waals surface area contributed by atoms with E-state index in [-0.39, 0.29) is 0 Å². The molecular weight excluding hydrogens is 232 g/mol. The number of aryl methyl sites for hydroxylation is 1. The first-order valence-corrected chi connectivity index (χ1v) is 5.28. The third-order valence-electron chi connectivity index (χ3n) is 2.48. The van der Waals surface area contributed by atoms with Crippen molar-refractivity contribution in [3.05, 3.63) is 30.6 Å². The smallest absolute Gasteiger partial charge is 0.268 e. The minimum atomic E-state index is 0.327. The number of pyridine rings is 1. The summed E-state index contributed by atoms with van der Waals surface area (Å²) in [6.45, 7) is 0. The molecular formula is C11H10N6O. The highest BCUT2D eigenvalue weighted by atomic mass is 16.4. The number of hydrogen-bond acceptors (Lipinski definition) is 6. The summed E-state index contributed by atoms with van der Waals surface area (Å²) in [5.41, 5.74) is 7.51. The summed E-state index contributed by atoms with van der Waals surface area (Å²) in [5.74, 6) is 0.680. The summed E-state index contributed by atoms with van der Waals surface area (Å²) < 4.78 is 7.14. The van der Waals surface area contributed by atoms with Crippen LogP contribution in [0.2, 0.25) is 0 Å². The summed E-state index contributed by atoms with van der Waals surface area (Å²) in [6.07, 6.45) is 3.21. The highest BCUT2D eigenvalue weighted by molar-refractivity contribution is 5.66. The Morgan fingerprint density at radius 2 is 2.06 bits per heavy atom. The van der Waals surface area contributed by atoms with Crippen molar-refractivity contribution in [3.63, 3.8) is 0 Å². The summed E-state index contributed by atoms with van der Waals surface area (Å²) in [5, 5.41) is 11.9. The van der Waals surface area contributed by atoms with Crippen LogP contribution in [0.1, 0.15) is 0 Å². The van der Waals surface area contributed by atoms with Crippen LogP contribution in [-0.2, 0) is 7.05 Å². The summed E-state index contributed by atoms with van der Waals surface area (Å²) in [7, 11) is 1.76. The van der Waals surface area contributed by atoms with Crippen LogP contribution in [0.5, 0.6) is 0 Å². The normalized spacial score (nSPS) is 10.7. The fourth-order valence-electron chi connectivity index (χ4n) is 1.63. The van der Waals surface area contributed by atoms with E-state index in [1.165, 1.54) is 0 Å². The van der Waals surface area contributed by atoms with Crippen molar-refractivity contribution in [2.45, 2.75) is 0 Å². The third-order valence-corrected chi connectivity index (χ3v) is 2.48. The van der Waals surface area contributed by atoms with Crippen molar-refractivity contribution in [1.29, 1.82) is 0 Å². The molecule has 0 saturated carbocycles. The van der Waals surface area contributed by atoms with Crippen molar-refractivity contribution in [1.82, 2.24) is 25.0 Å². The fraction of sp³-hybridized carbons (Fsp3) is 0.0909. The molecule has 0 aromatic carbocycles. The number of rotatable bonds is 2. The van der Waals surface area contributed by atoms with Crippen molar-refractivity contribution < 1.29 is 4.42 Å². The second-order valence-corrected chi connectivity index (χ2v) is 3.70. The first kappa shape index (κ1) is 10.5. The molecule has 0 amide bonds. The minimum Gasteiger partial charge on any atom is -0.413 e. The van der Waals surface area contributed by atoms with E-state index >= 15 is 0 Å². The van der Waals surface area contributed by atoms with Crippen molar-refractivity contribution in [2.75, 3.05) is 5.73 Å². The zero-order valence-electron chi connectivity index (χ0n) is 9.61. The van der Waals surface area contributed by atoms with E-state index in [9.17, 15) is 0 Å². The molecule has 0 saturated heterocycles. The zero-order valence-corrected chi connectivity index (χ0v) is 9.61. The number of aromatic nitrogens is 5. The van der Waals surface area contributed by atoms with Gasteiger partial charge in [-0.25, -0.2) is 0 Å². The molecule has 3 aromatic rings. The molecule has 0 aliphatic carbocycles. The topological polar surface area (TPSA) is 95.7 Å². The maximum Gasteiger partial charge on any atom is 0.268 e. The van der Waals surface area contributed by atoms with E-state index in [1.807, 2.05) is 12.1 Å². The lowest BCUT2D eigenvalue weighted by Crippen LogP contribution is -1.95. The highest BCUT2D eigenvalue weighted by Gasteiger charge is 2.16. The van der Waals surface area contributed by atoms with Gasteiger partial charge in [-0.15, -0.1) is 10.2 Å². The Balaban J connectivity index is 2.05. The van der Waals surface area contributed by atoms with Gasteiger partial charge < -0.3 is 10.2 Å². The van der Waals surface area contributed by atoms with Crippen LogP contribution in [0.4, 0.5) is 5.69 Å². The molecule has 0 bridgehead atoms. The van der Waals surface area contributed by atoms with Crippen LogP contribution in [0, 0.1) is 0 Å². The number of nitrogens with zero attached hydrogens (tertiary/aromatic N) is 5. The van der Waals surface area contributed by atoms with E-state index in [0.29, 0.717) is 28.9 Å². The van der Waals surface area contributed by atoms with Crippen LogP contribution in [-0.4, -0.2) is 25.0 Å². The van der Waals surface area contributed by atoms with Gasteiger partial charge in [-0.3, -0.25) is 9.67 Å². The standard InChI is InChI=1S/C11H10N6O/c1-17-9(7(12)6-14-17)11-16-15-10(18-11)8-4-2-3-5-13-8/h2-6H,12H2,1H3. The zero-order chi connectivity index (χ0) is 12.5.